The molecular weight excluding hydrogens is 210 g/mol. The maximum Gasteiger partial charge on any atom is 0.254 e. The Morgan fingerprint density at radius 1 is 1.12 bits per heavy atom. The average Bonchev–Trinajstić information content (AvgIpc) is 2.97. The van der Waals surface area contributed by atoms with Crippen molar-refractivity contribution in [1.29, 1.82) is 0 Å². The molecule has 4 unspecified atom stereocenters. The molecule has 88 valence electrons. The first kappa shape index (κ1) is 9.69. The smallest absolute Gasteiger partial charge is 0.254 e. The normalized spacial score (nSPS) is 37.8. The summed E-state index contributed by atoms with van der Waals surface area (Å²) in [4.78, 5) is 14.6. The van der Waals surface area contributed by atoms with Crippen molar-refractivity contribution in [1.82, 2.24) is 4.90 Å². The number of fused-ring (bicyclic) bond motifs is 1. The fraction of sp³-hybridized carbons (Fsp3) is 0.533. The molecule has 0 aromatic heterocycles. The minimum absolute atomic E-state index is 0.255. The molecular formula is C15H17NO. The quantitative estimate of drug-likeness (QED) is 0.722. The molecule has 1 aliphatic heterocycles. The van der Waals surface area contributed by atoms with E-state index in [1.807, 2.05) is 30.3 Å². The van der Waals surface area contributed by atoms with Crippen LogP contribution in [0, 0.1) is 17.8 Å². The lowest BCUT2D eigenvalue weighted by Gasteiger charge is -2.24. The van der Waals surface area contributed by atoms with Crippen LogP contribution in [0.4, 0.5) is 0 Å². The Morgan fingerprint density at radius 3 is 2.65 bits per heavy atom. The number of carbonyl (C=O) groups excluding carboxylic acids is 1. The number of likely N-dealkylation sites (tertiary alicyclic amines) is 1. The van der Waals surface area contributed by atoms with Gasteiger partial charge in [-0.2, -0.15) is 0 Å². The van der Waals surface area contributed by atoms with E-state index >= 15 is 0 Å². The molecule has 2 saturated carbocycles. The largest absolute Gasteiger partial charge is 0.335 e. The summed E-state index contributed by atoms with van der Waals surface area (Å²) in [6.07, 6.45) is 4.02. The summed E-state index contributed by atoms with van der Waals surface area (Å²) in [5.41, 5.74) is 0.859. The first-order valence-corrected chi connectivity index (χ1v) is 6.69. The van der Waals surface area contributed by atoms with Crippen LogP contribution in [0.1, 0.15) is 29.6 Å². The van der Waals surface area contributed by atoms with E-state index in [1.54, 1.807) is 0 Å². The van der Waals surface area contributed by atoms with E-state index in [-0.39, 0.29) is 5.91 Å². The van der Waals surface area contributed by atoms with Crippen LogP contribution in [0.5, 0.6) is 0 Å². The van der Waals surface area contributed by atoms with Crippen molar-refractivity contribution >= 4 is 5.91 Å². The third-order valence-corrected chi connectivity index (χ3v) is 5.03. The molecule has 1 saturated heterocycles. The highest BCUT2D eigenvalue weighted by Crippen LogP contribution is 2.54. The third-order valence-electron chi connectivity index (χ3n) is 5.03. The van der Waals surface area contributed by atoms with Gasteiger partial charge in [-0.3, -0.25) is 4.79 Å². The molecule has 3 aliphatic rings. The van der Waals surface area contributed by atoms with Crippen LogP contribution >= 0.6 is 0 Å². The average molecular weight is 227 g/mol. The van der Waals surface area contributed by atoms with Gasteiger partial charge >= 0.3 is 0 Å². The van der Waals surface area contributed by atoms with Crippen molar-refractivity contribution in [2.75, 3.05) is 6.54 Å². The molecule has 2 heteroatoms. The van der Waals surface area contributed by atoms with Crippen molar-refractivity contribution < 1.29 is 4.79 Å². The molecule has 2 aliphatic carbocycles. The lowest BCUT2D eigenvalue weighted by molar-refractivity contribution is 0.0728. The minimum atomic E-state index is 0.255. The molecule has 1 aromatic rings. The van der Waals surface area contributed by atoms with Gasteiger partial charge in [0, 0.05) is 18.2 Å². The van der Waals surface area contributed by atoms with Crippen LogP contribution in [0.25, 0.3) is 0 Å². The minimum Gasteiger partial charge on any atom is -0.335 e. The molecule has 4 atom stereocenters. The third kappa shape index (κ3) is 1.30. The molecule has 17 heavy (non-hydrogen) atoms. The number of nitrogens with zero attached hydrogens (tertiary/aromatic N) is 1. The van der Waals surface area contributed by atoms with Gasteiger partial charge in [-0.15, -0.1) is 0 Å². The molecule has 2 bridgehead atoms. The fourth-order valence-corrected chi connectivity index (χ4v) is 4.39. The Kier molecular flexibility index (Phi) is 1.91. The Morgan fingerprint density at radius 2 is 1.94 bits per heavy atom. The van der Waals surface area contributed by atoms with Gasteiger partial charge in [0.1, 0.15) is 0 Å². The summed E-state index contributed by atoms with van der Waals surface area (Å²) < 4.78 is 0. The van der Waals surface area contributed by atoms with Crippen LogP contribution in [0.15, 0.2) is 30.3 Å². The molecule has 4 rings (SSSR count). The van der Waals surface area contributed by atoms with Crippen LogP contribution in [0.3, 0.4) is 0 Å². The molecule has 1 amide bonds. The van der Waals surface area contributed by atoms with Crippen molar-refractivity contribution in [3.63, 3.8) is 0 Å². The number of hydrogen-bond donors (Lipinski definition) is 0. The van der Waals surface area contributed by atoms with Gasteiger partial charge in [-0.1, -0.05) is 18.2 Å². The van der Waals surface area contributed by atoms with Gasteiger partial charge in [-0.05, 0) is 49.1 Å². The second-order valence-corrected chi connectivity index (χ2v) is 5.89. The number of amides is 1. The first-order chi connectivity index (χ1) is 8.33. The van der Waals surface area contributed by atoms with Crippen molar-refractivity contribution in [3.05, 3.63) is 35.9 Å². The van der Waals surface area contributed by atoms with Crippen LogP contribution in [-0.4, -0.2) is 23.4 Å². The van der Waals surface area contributed by atoms with E-state index in [2.05, 4.69) is 4.90 Å². The Bertz CT molecular complexity index is 453. The zero-order valence-electron chi connectivity index (χ0n) is 9.88. The van der Waals surface area contributed by atoms with Crippen LogP contribution in [-0.2, 0) is 0 Å². The van der Waals surface area contributed by atoms with Gasteiger partial charge in [0.25, 0.3) is 5.91 Å². The summed E-state index contributed by atoms with van der Waals surface area (Å²) in [6.45, 7) is 1.01. The molecule has 1 aromatic carbocycles. The number of benzene rings is 1. The van der Waals surface area contributed by atoms with Gasteiger partial charge < -0.3 is 4.90 Å². The number of hydrogen-bond acceptors (Lipinski definition) is 1. The van der Waals surface area contributed by atoms with Crippen LogP contribution in [0.2, 0.25) is 0 Å². The van der Waals surface area contributed by atoms with Crippen molar-refractivity contribution in [2.24, 2.45) is 17.8 Å². The lowest BCUT2D eigenvalue weighted by Crippen LogP contribution is -2.36. The Labute approximate surface area is 102 Å². The lowest BCUT2D eigenvalue weighted by atomic mass is 9.90. The topological polar surface area (TPSA) is 20.3 Å². The molecule has 0 spiro atoms. The second-order valence-electron chi connectivity index (χ2n) is 5.89. The number of carbonyl (C=O) groups is 1. The maximum absolute atomic E-state index is 12.5. The molecule has 0 radical (unpaired) electrons. The summed E-state index contributed by atoms with van der Waals surface area (Å²) in [7, 11) is 0. The highest BCUT2D eigenvalue weighted by atomic mass is 16.2. The first-order valence-electron chi connectivity index (χ1n) is 6.69. The molecule has 1 heterocycles. The predicted molar refractivity (Wildman–Crippen MR) is 65.6 cm³/mol. The van der Waals surface area contributed by atoms with E-state index in [9.17, 15) is 4.79 Å². The van der Waals surface area contributed by atoms with Crippen molar-refractivity contribution in [3.8, 4) is 0 Å². The fourth-order valence-electron chi connectivity index (χ4n) is 4.39. The van der Waals surface area contributed by atoms with E-state index in [1.165, 1.54) is 19.3 Å². The zero-order valence-corrected chi connectivity index (χ0v) is 9.88. The van der Waals surface area contributed by atoms with E-state index in [4.69, 9.17) is 0 Å². The second kappa shape index (κ2) is 3.34. The highest BCUT2D eigenvalue weighted by Gasteiger charge is 2.54. The number of rotatable bonds is 1. The monoisotopic (exact) mass is 227 g/mol. The molecule has 3 fully saturated rings. The van der Waals surface area contributed by atoms with E-state index in [0.717, 1.165) is 29.9 Å². The highest BCUT2D eigenvalue weighted by molar-refractivity contribution is 5.94. The Balaban J connectivity index is 1.63. The molecule has 0 N–H and O–H groups in total. The zero-order chi connectivity index (χ0) is 11.4. The van der Waals surface area contributed by atoms with Crippen molar-refractivity contribution in [2.45, 2.75) is 25.3 Å². The summed E-state index contributed by atoms with van der Waals surface area (Å²) >= 11 is 0. The van der Waals surface area contributed by atoms with E-state index in [0.29, 0.717) is 6.04 Å². The summed E-state index contributed by atoms with van der Waals surface area (Å²) in [5.74, 6) is 2.81. The Hall–Kier alpha value is -1.31. The maximum atomic E-state index is 12.5. The SMILES string of the molecule is O=C(c1ccccc1)N1CC2CC3CC2C1C3. The standard InChI is InChI=1S/C15H17NO/c17-15(11-4-2-1-3-5-11)16-9-12-6-10-7-13(12)14(16)8-10/h1-5,10,12-14H,6-9H2. The summed E-state index contributed by atoms with van der Waals surface area (Å²) in [6, 6.07) is 10.3. The van der Waals surface area contributed by atoms with Crippen LogP contribution < -0.4 is 0 Å². The van der Waals surface area contributed by atoms with Gasteiger partial charge in [-0.25, -0.2) is 0 Å². The van der Waals surface area contributed by atoms with E-state index < -0.39 is 0 Å². The molecule has 2 nitrogen and oxygen atoms in total. The predicted octanol–water partition coefficient (Wildman–Crippen LogP) is 2.56. The summed E-state index contributed by atoms with van der Waals surface area (Å²) in [5, 5.41) is 0. The van der Waals surface area contributed by atoms with Gasteiger partial charge in [0.15, 0.2) is 0 Å². The van der Waals surface area contributed by atoms with Gasteiger partial charge in [0.05, 0.1) is 0 Å². The van der Waals surface area contributed by atoms with Gasteiger partial charge in [0.2, 0.25) is 0 Å².